The number of sulfonamides is 1. The molecule has 0 aromatic rings. The molecule has 1 heterocycles. The minimum Gasteiger partial charge on any atom is -0.355 e. The number of nitrogens with one attached hydrogen (secondary N) is 1. The molecule has 9 heteroatoms. The number of rotatable bonds is 5. The third-order valence-corrected chi connectivity index (χ3v) is 5.83. The molecule has 1 N–H and O–H groups in total. The zero-order valence-electron chi connectivity index (χ0n) is 10.4. The van der Waals surface area contributed by atoms with Crippen LogP contribution in [0.25, 0.3) is 0 Å². The van der Waals surface area contributed by atoms with Crippen LogP contribution in [0.4, 0.5) is 0 Å². The smallest absolute Gasteiger partial charge is 0.216 e. The zero-order valence-corrected chi connectivity index (χ0v) is 12.1. The average Bonchev–Trinajstić information content (AvgIpc) is 2.50. The molecule has 1 unspecified atom stereocenters. The molecular formula is C9H18N2O5S2. The van der Waals surface area contributed by atoms with Gasteiger partial charge in [0.15, 0.2) is 9.84 Å². The minimum atomic E-state index is -3.48. The molecule has 0 saturated carbocycles. The van der Waals surface area contributed by atoms with Crippen LogP contribution in [0.3, 0.4) is 0 Å². The number of hydrogen-bond acceptors (Lipinski definition) is 5. The highest BCUT2D eigenvalue weighted by Crippen LogP contribution is 2.19. The first-order chi connectivity index (χ1) is 8.12. The van der Waals surface area contributed by atoms with Crippen LogP contribution in [0, 0.1) is 0 Å². The van der Waals surface area contributed by atoms with Crippen LogP contribution in [0.2, 0.25) is 0 Å². The van der Waals surface area contributed by atoms with Gasteiger partial charge in [0.25, 0.3) is 0 Å². The van der Waals surface area contributed by atoms with Crippen molar-refractivity contribution in [2.75, 3.05) is 30.9 Å². The molecule has 106 valence electrons. The fraction of sp³-hybridized carbons (Fsp3) is 0.889. The Kier molecular flexibility index (Phi) is 4.73. The SMILES string of the molecule is CC(=O)NCCN(C1CCS(=O)(=O)C1)S(C)(=O)=O. The van der Waals surface area contributed by atoms with E-state index < -0.39 is 25.9 Å². The highest BCUT2D eigenvalue weighted by Gasteiger charge is 2.36. The number of carbonyl (C=O) groups is 1. The largest absolute Gasteiger partial charge is 0.355 e. The van der Waals surface area contributed by atoms with Gasteiger partial charge in [0, 0.05) is 26.1 Å². The van der Waals surface area contributed by atoms with Gasteiger partial charge in [0.1, 0.15) is 0 Å². The third kappa shape index (κ3) is 4.54. The van der Waals surface area contributed by atoms with Crippen molar-refractivity contribution >= 4 is 25.8 Å². The molecule has 7 nitrogen and oxygen atoms in total. The van der Waals surface area contributed by atoms with Gasteiger partial charge in [-0.1, -0.05) is 0 Å². The van der Waals surface area contributed by atoms with Crippen molar-refractivity contribution in [1.29, 1.82) is 0 Å². The molecule has 1 aliphatic heterocycles. The second kappa shape index (κ2) is 5.54. The first-order valence-corrected chi connectivity index (χ1v) is 9.20. The fourth-order valence-corrected chi connectivity index (χ4v) is 4.93. The van der Waals surface area contributed by atoms with Gasteiger partial charge in [0.05, 0.1) is 17.8 Å². The maximum atomic E-state index is 11.6. The van der Waals surface area contributed by atoms with Gasteiger partial charge in [-0.2, -0.15) is 4.31 Å². The highest BCUT2D eigenvalue weighted by molar-refractivity contribution is 7.92. The lowest BCUT2D eigenvalue weighted by atomic mass is 10.2. The van der Waals surface area contributed by atoms with Gasteiger partial charge in [-0.3, -0.25) is 4.79 Å². The lowest BCUT2D eigenvalue weighted by molar-refractivity contribution is -0.118. The molecule has 1 amide bonds. The maximum Gasteiger partial charge on any atom is 0.216 e. The maximum absolute atomic E-state index is 11.6. The lowest BCUT2D eigenvalue weighted by Crippen LogP contribution is -2.44. The van der Waals surface area contributed by atoms with Crippen molar-refractivity contribution in [3.63, 3.8) is 0 Å². The van der Waals surface area contributed by atoms with Gasteiger partial charge in [-0.15, -0.1) is 0 Å². The normalized spacial score (nSPS) is 23.2. The van der Waals surface area contributed by atoms with Crippen molar-refractivity contribution < 1.29 is 21.6 Å². The van der Waals surface area contributed by atoms with E-state index in [1.807, 2.05) is 0 Å². The molecule has 1 aliphatic rings. The predicted octanol–water partition coefficient (Wildman–Crippen LogP) is -1.43. The van der Waals surface area contributed by atoms with Gasteiger partial charge < -0.3 is 5.32 Å². The first-order valence-electron chi connectivity index (χ1n) is 5.53. The van der Waals surface area contributed by atoms with Crippen LogP contribution in [0.15, 0.2) is 0 Å². The van der Waals surface area contributed by atoms with Crippen molar-refractivity contribution in [3.8, 4) is 0 Å². The minimum absolute atomic E-state index is 0.0177. The third-order valence-electron chi connectivity index (χ3n) is 2.75. The Balaban J connectivity index is 2.72. The fourth-order valence-electron chi connectivity index (χ4n) is 1.96. The highest BCUT2D eigenvalue weighted by atomic mass is 32.2. The van der Waals surface area contributed by atoms with Crippen LogP contribution in [-0.2, 0) is 24.7 Å². The van der Waals surface area contributed by atoms with E-state index in [1.54, 1.807) is 0 Å². The molecule has 1 atom stereocenters. The summed E-state index contributed by atoms with van der Waals surface area (Å²) in [6.45, 7) is 1.61. The number of sulfone groups is 1. The Hall–Kier alpha value is -0.670. The van der Waals surface area contributed by atoms with E-state index in [0.717, 1.165) is 10.6 Å². The molecule has 18 heavy (non-hydrogen) atoms. The monoisotopic (exact) mass is 298 g/mol. The van der Waals surface area contributed by atoms with Gasteiger partial charge in [-0.25, -0.2) is 16.8 Å². The molecule has 1 rings (SSSR count). The summed E-state index contributed by atoms with van der Waals surface area (Å²) in [5.41, 5.74) is 0. The summed E-state index contributed by atoms with van der Waals surface area (Å²) in [4.78, 5) is 10.7. The van der Waals surface area contributed by atoms with Crippen LogP contribution in [0.1, 0.15) is 13.3 Å². The molecule has 1 saturated heterocycles. The van der Waals surface area contributed by atoms with Gasteiger partial charge >= 0.3 is 0 Å². The summed E-state index contributed by atoms with van der Waals surface area (Å²) in [5.74, 6) is -0.369. The number of hydrogen-bond donors (Lipinski definition) is 1. The van der Waals surface area contributed by atoms with Crippen LogP contribution in [0.5, 0.6) is 0 Å². The Morgan fingerprint density at radius 1 is 1.44 bits per heavy atom. The topological polar surface area (TPSA) is 101 Å². The van der Waals surface area contributed by atoms with E-state index in [1.165, 1.54) is 6.92 Å². The molecule has 0 aromatic heterocycles. The van der Waals surface area contributed by atoms with Crippen LogP contribution < -0.4 is 5.32 Å². The summed E-state index contributed by atoms with van der Waals surface area (Å²) in [6.07, 6.45) is 1.36. The summed E-state index contributed by atoms with van der Waals surface area (Å²) in [6, 6.07) is -0.515. The van der Waals surface area contributed by atoms with E-state index >= 15 is 0 Å². The van der Waals surface area contributed by atoms with Crippen molar-refractivity contribution in [1.82, 2.24) is 9.62 Å². The number of amides is 1. The van der Waals surface area contributed by atoms with Gasteiger partial charge in [0.2, 0.25) is 15.9 Å². The molecule has 0 aliphatic carbocycles. The van der Waals surface area contributed by atoms with Crippen molar-refractivity contribution in [2.45, 2.75) is 19.4 Å². The molecule has 0 aromatic carbocycles. The predicted molar refractivity (Wildman–Crippen MR) is 67.3 cm³/mol. The summed E-state index contributed by atoms with van der Waals surface area (Å²) < 4.78 is 47.1. The van der Waals surface area contributed by atoms with Crippen molar-refractivity contribution in [2.24, 2.45) is 0 Å². The second-order valence-electron chi connectivity index (χ2n) is 4.41. The Morgan fingerprint density at radius 3 is 2.44 bits per heavy atom. The number of nitrogens with zero attached hydrogens (tertiary/aromatic N) is 1. The molecular weight excluding hydrogens is 280 g/mol. The second-order valence-corrected chi connectivity index (χ2v) is 8.58. The Morgan fingerprint density at radius 2 is 2.06 bits per heavy atom. The van der Waals surface area contributed by atoms with E-state index in [-0.39, 0.29) is 30.5 Å². The summed E-state index contributed by atoms with van der Waals surface area (Å²) >= 11 is 0. The molecule has 0 bridgehead atoms. The van der Waals surface area contributed by atoms with E-state index in [9.17, 15) is 21.6 Å². The summed E-state index contributed by atoms with van der Waals surface area (Å²) in [5, 5.41) is 2.50. The van der Waals surface area contributed by atoms with E-state index in [0.29, 0.717) is 6.42 Å². The standard InChI is InChI=1S/C9H18N2O5S2/c1-8(12)10-4-5-11(17(2,13)14)9-3-6-18(15,16)7-9/h9H,3-7H2,1-2H3,(H,10,12). The molecule has 0 radical (unpaired) electrons. The van der Waals surface area contributed by atoms with E-state index in [2.05, 4.69) is 5.32 Å². The lowest BCUT2D eigenvalue weighted by Gasteiger charge is -2.25. The Bertz CT molecular complexity index is 511. The van der Waals surface area contributed by atoms with Crippen LogP contribution in [-0.4, -0.2) is 63.9 Å². The van der Waals surface area contributed by atoms with Crippen molar-refractivity contribution in [3.05, 3.63) is 0 Å². The Labute approximate surface area is 108 Å². The zero-order chi connectivity index (χ0) is 14.0. The molecule has 0 spiro atoms. The quantitative estimate of drug-likeness (QED) is 0.671. The van der Waals surface area contributed by atoms with Gasteiger partial charge in [-0.05, 0) is 6.42 Å². The average molecular weight is 298 g/mol. The number of carbonyl (C=O) groups excluding carboxylic acids is 1. The first kappa shape index (κ1) is 15.4. The van der Waals surface area contributed by atoms with Crippen LogP contribution >= 0.6 is 0 Å². The molecule has 1 fully saturated rings. The van der Waals surface area contributed by atoms with E-state index in [4.69, 9.17) is 0 Å². The summed E-state index contributed by atoms with van der Waals surface area (Å²) in [7, 11) is -6.61.